The lowest BCUT2D eigenvalue weighted by Gasteiger charge is -2.20. The Bertz CT molecular complexity index is 827. The van der Waals surface area contributed by atoms with E-state index in [2.05, 4.69) is 5.10 Å². The largest absolute Gasteiger partial charge is 0.480 e. The van der Waals surface area contributed by atoms with Crippen molar-refractivity contribution in [2.45, 2.75) is 25.4 Å². The highest BCUT2D eigenvalue weighted by molar-refractivity contribution is 7.89. The van der Waals surface area contributed by atoms with E-state index in [9.17, 15) is 13.2 Å². The van der Waals surface area contributed by atoms with Crippen LogP contribution in [0.3, 0.4) is 0 Å². The van der Waals surface area contributed by atoms with E-state index in [-0.39, 0.29) is 11.6 Å². The molecule has 7 nitrogen and oxygen atoms in total. The fraction of sp³-hybridized carbons (Fsp3) is 0.333. The summed E-state index contributed by atoms with van der Waals surface area (Å²) in [4.78, 5) is 11.1. The minimum Gasteiger partial charge on any atom is -0.480 e. The molecule has 124 valence electrons. The number of aliphatic carboxylic acids is 1. The molecule has 2 rings (SSSR count). The number of carboxylic acid groups (broad SMARTS) is 1. The van der Waals surface area contributed by atoms with Gasteiger partial charge in [0.1, 0.15) is 6.54 Å². The van der Waals surface area contributed by atoms with Gasteiger partial charge in [-0.1, -0.05) is 29.8 Å². The molecule has 0 aliphatic carbocycles. The number of carboxylic acids is 1. The molecule has 0 atom stereocenters. The van der Waals surface area contributed by atoms with Crippen molar-refractivity contribution in [2.24, 2.45) is 7.05 Å². The number of carbonyl (C=O) groups is 1. The Labute approximate surface area is 135 Å². The van der Waals surface area contributed by atoms with Crippen LogP contribution in [0.4, 0.5) is 0 Å². The first-order valence-corrected chi connectivity index (χ1v) is 8.42. The predicted molar refractivity (Wildman–Crippen MR) is 84.4 cm³/mol. The maximum Gasteiger partial charge on any atom is 0.318 e. The molecule has 0 amide bonds. The highest BCUT2D eigenvalue weighted by Crippen LogP contribution is 2.19. The van der Waals surface area contributed by atoms with E-state index in [4.69, 9.17) is 5.11 Å². The van der Waals surface area contributed by atoms with Crippen molar-refractivity contribution >= 4 is 16.0 Å². The van der Waals surface area contributed by atoms with Crippen LogP contribution in [0.1, 0.15) is 16.8 Å². The van der Waals surface area contributed by atoms with Gasteiger partial charge in [-0.15, -0.1) is 0 Å². The molecule has 0 fully saturated rings. The molecule has 0 aliphatic heterocycles. The van der Waals surface area contributed by atoms with Crippen molar-refractivity contribution in [3.63, 3.8) is 0 Å². The van der Waals surface area contributed by atoms with Crippen LogP contribution in [0.15, 0.2) is 35.4 Å². The summed E-state index contributed by atoms with van der Waals surface area (Å²) in [6.07, 6.45) is 0. The van der Waals surface area contributed by atoms with Gasteiger partial charge in [-0.25, -0.2) is 8.42 Å². The molecule has 2 aromatic rings. The van der Waals surface area contributed by atoms with Crippen molar-refractivity contribution in [3.8, 4) is 0 Å². The van der Waals surface area contributed by atoms with Crippen LogP contribution < -0.4 is 0 Å². The van der Waals surface area contributed by atoms with E-state index in [1.165, 1.54) is 17.8 Å². The lowest BCUT2D eigenvalue weighted by atomic mass is 10.1. The highest BCUT2D eigenvalue weighted by Gasteiger charge is 2.29. The number of hydrogen-bond acceptors (Lipinski definition) is 4. The third-order valence-electron chi connectivity index (χ3n) is 3.32. The number of benzene rings is 1. The van der Waals surface area contributed by atoms with Gasteiger partial charge in [-0.2, -0.15) is 9.40 Å². The van der Waals surface area contributed by atoms with Gasteiger partial charge in [0, 0.05) is 13.6 Å². The second-order valence-corrected chi connectivity index (χ2v) is 7.29. The number of aromatic nitrogens is 2. The average molecular weight is 337 g/mol. The molecule has 0 spiro atoms. The first kappa shape index (κ1) is 17.2. The minimum absolute atomic E-state index is 0.0134. The van der Waals surface area contributed by atoms with Gasteiger partial charge >= 0.3 is 5.97 Å². The van der Waals surface area contributed by atoms with Gasteiger partial charge in [-0.05, 0) is 25.5 Å². The molecule has 0 saturated carbocycles. The van der Waals surface area contributed by atoms with Crippen molar-refractivity contribution in [2.75, 3.05) is 6.54 Å². The van der Waals surface area contributed by atoms with E-state index in [0.29, 0.717) is 5.69 Å². The maximum absolute atomic E-state index is 12.8. The number of nitrogens with zero attached hydrogens (tertiary/aromatic N) is 3. The zero-order chi connectivity index (χ0) is 17.2. The van der Waals surface area contributed by atoms with E-state index >= 15 is 0 Å². The first-order chi connectivity index (χ1) is 10.7. The van der Waals surface area contributed by atoms with E-state index < -0.39 is 22.5 Å². The number of aryl methyl sites for hydroxylation is 3. The van der Waals surface area contributed by atoms with Crippen molar-refractivity contribution in [3.05, 3.63) is 47.2 Å². The molecular weight excluding hydrogens is 318 g/mol. The van der Waals surface area contributed by atoms with Gasteiger partial charge in [0.05, 0.1) is 5.69 Å². The van der Waals surface area contributed by atoms with Crippen molar-refractivity contribution in [1.82, 2.24) is 14.1 Å². The molecule has 0 bridgehead atoms. The van der Waals surface area contributed by atoms with E-state index in [0.717, 1.165) is 15.4 Å². The third kappa shape index (κ3) is 3.96. The normalized spacial score (nSPS) is 11.8. The SMILES string of the molecule is Cc1cccc(CN(CC(=O)O)S(=O)(=O)c2cc(C)nn2C)c1. The maximum atomic E-state index is 12.8. The Hall–Kier alpha value is -2.19. The molecule has 1 aromatic heterocycles. The van der Waals surface area contributed by atoms with Crippen LogP contribution in [0.2, 0.25) is 0 Å². The second-order valence-electron chi connectivity index (χ2n) is 5.40. The molecule has 0 unspecified atom stereocenters. The minimum atomic E-state index is -3.96. The predicted octanol–water partition coefficient (Wildman–Crippen LogP) is 1.31. The standard InChI is InChI=1S/C15H19N3O4S/c1-11-5-4-6-13(7-11)9-18(10-15(19)20)23(21,22)14-8-12(2)16-17(14)3/h4-8H,9-10H2,1-3H3,(H,19,20). The zero-order valence-electron chi connectivity index (χ0n) is 13.2. The average Bonchev–Trinajstić information content (AvgIpc) is 2.77. The Morgan fingerprint density at radius 2 is 2.00 bits per heavy atom. The van der Waals surface area contributed by atoms with Crippen molar-refractivity contribution in [1.29, 1.82) is 0 Å². The molecular formula is C15H19N3O4S. The Morgan fingerprint density at radius 1 is 1.30 bits per heavy atom. The van der Waals surface area contributed by atoms with Gasteiger partial charge in [-0.3, -0.25) is 9.48 Å². The monoisotopic (exact) mass is 337 g/mol. The summed E-state index contributed by atoms with van der Waals surface area (Å²) in [5, 5.41) is 13.1. The smallest absolute Gasteiger partial charge is 0.318 e. The zero-order valence-corrected chi connectivity index (χ0v) is 14.0. The number of sulfonamides is 1. The molecule has 1 N–H and O–H groups in total. The topological polar surface area (TPSA) is 92.5 Å². The fourth-order valence-electron chi connectivity index (χ4n) is 2.35. The van der Waals surface area contributed by atoms with E-state index in [1.807, 2.05) is 25.1 Å². The molecule has 23 heavy (non-hydrogen) atoms. The lowest BCUT2D eigenvalue weighted by Crippen LogP contribution is -2.36. The highest BCUT2D eigenvalue weighted by atomic mass is 32.2. The third-order valence-corrected chi connectivity index (χ3v) is 5.16. The number of rotatable bonds is 6. The Morgan fingerprint density at radius 3 is 2.52 bits per heavy atom. The van der Waals surface area contributed by atoms with Crippen LogP contribution in [0.5, 0.6) is 0 Å². The summed E-state index contributed by atoms with van der Waals surface area (Å²) in [7, 11) is -2.44. The van der Waals surface area contributed by atoms with Crippen LogP contribution in [-0.4, -0.2) is 40.1 Å². The summed E-state index contributed by atoms with van der Waals surface area (Å²) >= 11 is 0. The summed E-state index contributed by atoms with van der Waals surface area (Å²) in [6.45, 7) is 2.95. The Balaban J connectivity index is 2.41. The number of hydrogen-bond donors (Lipinski definition) is 1. The van der Waals surface area contributed by atoms with Crippen molar-refractivity contribution < 1.29 is 18.3 Å². The van der Waals surface area contributed by atoms with Crippen LogP contribution in [0.25, 0.3) is 0 Å². The molecule has 1 heterocycles. The summed E-state index contributed by atoms with van der Waals surface area (Å²) in [5.74, 6) is -1.21. The summed E-state index contributed by atoms with van der Waals surface area (Å²) in [5.41, 5.74) is 2.26. The van der Waals surface area contributed by atoms with E-state index in [1.54, 1.807) is 13.0 Å². The molecule has 0 saturated heterocycles. The molecule has 0 radical (unpaired) electrons. The molecule has 8 heteroatoms. The van der Waals surface area contributed by atoms with Crippen LogP contribution in [0, 0.1) is 13.8 Å². The molecule has 1 aromatic carbocycles. The quantitative estimate of drug-likeness (QED) is 0.858. The van der Waals surface area contributed by atoms with Gasteiger partial charge in [0.15, 0.2) is 5.03 Å². The second kappa shape index (κ2) is 6.51. The van der Waals surface area contributed by atoms with Gasteiger partial charge in [0.25, 0.3) is 10.0 Å². The van der Waals surface area contributed by atoms with Gasteiger partial charge in [0.2, 0.25) is 0 Å². The van der Waals surface area contributed by atoms with Crippen LogP contribution in [-0.2, 0) is 28.4 Å². The van der Waals surface area contributed by atoms with Crippen LogP contribution >= 0.6 is 0 Å². The molecule has 0 aliphatic rings. The summed E-state index contributed by atoms with van der Waals surface area (Å²) < 4.78 is 27.8. The lowest BCUT2D eigenvalue weighted by molar-refractivity contribution is -0.137. The Kier molecular flexibility index (Phi) is 4.86. The fourth-order valence-corrected chi connectivity index (χ4v) is 3.91. The first-order valence-electron chi connectivity index (χ1n) is 6.98. The van der Waals surface area contributed by atoms with Gasteiger partial charge < -0.3 is 5.11 Å². The summed E-state index contributed by atoms with van der Waals surface area (Å²) in [6, 6.07) is 8.74.